The molecule has 0 radical (unpaired) electrons. The number of hydrogen-bond acceptors (Lipinski definition) is 5. The second-order valence-corrected chi connectivity index (χ2v) is 5.51. The van der Waals surface area contributed by atoms with Crippen LogP contribution in [0.4, 0.5) is 0 Å². The van der Waals surface area contributed by atoms with Crippen LogP contribution in [-0.4, -0.2) is 44.1 Å². The molecule has 0 aromatic heterocycles. The van der Waals surface area contributed by atoms with Gasteiger partial charge in [-0.3, -0.25) is 4.79 Å². The van der Waals surface area contributed by atoms with Crippen LogP contribution in [-0.2, 0) is 9.53 Å². The SMILES string of the molecule is CNCCSSCCOCCC(C)=O. The molecule has 0 heterocycles. The molecule has 0 saturated heterocycles. The predicted molar refractivity (Wildman–Crippen MR) is 65.0 cm³/mol. The van der Waals surface area contributed by atoms with Crippen LogP contribution in [0.2, 0.25) is 0 Å². The first-order chi connectivity index (χ1) is 6.77. The van der Waals surface area contributed by atoms with E-state index in [1.807, 2.05) is 28.6 Å². The smallest absolute Gasteiger partial charge is 0.132 e. The van der Waals surface area contributed by atoms with Crippen molar-refractivity contribution in [3.05, 3.63) is 0 Å². The minimum atomic E-state index is 0.195. The maximum atomic E-state index is 10.6. The fourth-order valence-electron chi connectivity index (χ4n) is 0.672. The highest BCUT2D eigenvalue weighted by Gasteiger charge is 1.94. The lowest BCUT2D eigenvalue weighted by molar-refractivity contribution is -0.118. The number of rotatable bonds is 10. The van der Waals surface area contributed by atoms with Crippen LogP contribution >= 0.6 is 21.6 Å². The summed E-state index contributed by atoms with van der Waals surface area (Å²) in [6, 6.07) is 0. The maximum absolute atomic E-state index is 10.6. The van der Waals surface area contributed by atoms with Gasteiger partial charge in [0.2, 0.25) is 0 Å². The number of hydrogen-bond donors (Lipinski definition) is 1. The van der Waals surface area contributed by atoms with Crippen LogP contribution < -0.4 is 5.32 Å². The zero-order valence-corrected chi connectivity index (χ0v) is 10.5. The molecule has 0 aliphatic rings. The Morgan fingerprint density at radius 1 is 1.29 bits per heavy atom. The summed E-state index contributed by atoms with van der Waals surface area (Å²) in [7, 11) is 5.62. The maximum Gasteiger partial charge on any atom is 0.132 e. The lowest BCUT2D eigenvalue weighted by Crippen LogP contribution is -2.09. The molecule has 84 valence electrons. The summed E-state index contributed by atoms with van der Waals surface area (Å²) >= 11 is 0. The fourth-order valence-corrected chi connectivity index (χ4v) is 2.54. The van der Waals surface area contributed by atoms with E-state index in [0.717, 1.165) is 24.7 Å². The van der Waals surface area contributed by atoms with Crippen molar-refractivity contribution in [2.24, 2.45) is 0 Å². The minimum Gasteiger partial charge on any atom is -0.380 e. The Balaban J connectivity index is 2.88. The van der Waals surface area contributed by atoms with Gasteiger partial charge < -0.3 is 10.1 Å². The van der Waals surface area contributed by atoms with Crippen molar-refractivity contribution in [3.8, 4) is 0 Å². The molecule has 14 heavy (non-hydrogen) atoms. The van der Waals surface area contributed by atoms with E-state index in [4.69, 9.17) is 4.74 Å². The lowest BCUT2D eigenvalue weighted by Gasteiger charge is -2.02. The Morgan fingerprint density at radius 2 is 2.00 bits per heavy atom. The van der Waals surface area contributed by atoms with Gasteiger partial charge in [0, 0.05) is 24.5 Å². The number of carbonyl (C=O) groups excluding carboxylic acids is 1. The van der Waals surface area contributed by atoms with Crippen LogP contribution in [0.5, 0.6) is 0 Å². The first kappa shape index (κ1) is 14.3. The number of ketones is 1. The van der Waals surface area contributed by atoms with Crippen LogP contribution in [0.3, 0.4) is 0 Å². The molecule has 0 fully saturated rings. The summed E-state index contributed by atoms with van der Waals surface area (Å²) in [6.45, 7) is 3.94. The number of ether oxygens (including phenoxy) is 1. The third-order valence-electron chi connectivity index (χ3n) is 1.43. The number of Topliss-reactive ketones (excluding diaryl/α,β-unsaturated/α-hetero) is 1. The third-order valence-corrected chi connectivity index (χ3v) is 3.80. The van der Waals surface area contributed by atoms with Gasteiger partial charge in [0.1, 0.15) is 5.78 Å². The van der Waals surface area contributed by atoms with E-state index in [9.17, 15) is 4.79 Å². The average molecular weight is 237 g/mol. The molecule has 3 nitrogen and oxygen atoms in total. The summed E-state index contributed by atoms with van der Waals surface area (Å²) in [5.74, 6) is 2.31. The molecule has 0 aromatic rings. The molecular formula is C9H19NO2S2. The number of carbonyl (C=O) groups is 1. The number of nitrogens with one attached hydrogen (secondary N) is 1. The van der Waals surface area contributed by atoms with Crippen molar-refractivity contribution < 1.29 is 9.53 Å². The van der Waals surface area contributed by atoms with Gasteiger partial charge in [-0.1, -0.05) is 21.6 Å². The van der Waals surface area contributed by atoms with E-state index in [-0.39, 0.29) is 5.78 Å². The molecule has 0 bridgehead atoms. The van der Waals surface area contributed by atoms with E-state index in [0.29, 0.717) is 13.0 Å². The van der Waals surface area contributed by atoms with E-state index < -0.39 is 0 Å². The van der Waals surface area contributed by atoms with Crippen molar-refractivity contribution in [1.29, 1.82) is 0 Å². The van der Waals surface area contributed by atoms with Gasteiger partial charge in [-0.2, -0.15) is 0 Å². The fraction of sp³-hybridized carbons (Fsp3) is 0.889. The second-order valence-electron chi connectivity index (χ2n) is 2.81. The Labute approximate surface area is 94.1 Å². The molecule has 0 saturated carbocycles. The molecule has 0 unspecified atom stereocenters. The summed E-state index contributed by atoms with van der Waals surface area (Å²) in [5.41, 5.74) is 0. The van der Waals surface area contributed by atoms with Crippen molar-refractivity contribution in [3.63, 3.8) is 0 Å². The standard InChI is InChI=1S/C9H19NO2S2/c1-9(11)3-5-12-6-8-14-13-7-4-10-2/h10H,3-8H2,1-2H3. The highest BCUT2D eigenvalue weighted by molar-refractivity contribution is 8.76. The Kier molecular flexibility index (Phi) is 11.6. The predicted octanol–water partition coefficient (Wildman–Crippen LogP) is 1.58. The van der Waals surface area contributed by atoms with Crippen LogP contribution in [0.25, 0.3) is 0 Å². The molecule has 0 atom stereocenters. The Bertz CT molecular complexity index is 145. The molecule has 0 aromatic carbocycles. The largest absolute Gasteiger partial charge is 0.380 e. The van der Waals surface area contributed by atoms with Crippen LogP contribution in [0.15, 0.2) is 0 Å². The summed E-state index contributed by atoms with van der Waals surface area (Å²) in [4.78, 5) is 10.6. The van der Waals surface area contributed by atoms with E-state index >= 15 is 0 Å². The third kappa shape index (κ3) is 12.3. The first-order valence-electron chi connectivity index (χ1n) is 4.73. The van der Waals surface area contributed by atoms with Crippen molar-refractivity contribution >= 4 is 27.4 Å². The van der Waals surface area contributed by atoms with Crippen molar-refractivity contribution in [2.75, 3.05) is 38.3 Å². The molecule has 1 N–H and O–H groups in total. The Morgan fingerprint density at radius 3 is 2.64 bits per heavy atom. The van der Waals surface area contributed by atoms with Gasteiger partial charge in [0.15, 0.2) is 0 Å². The summed E-state index contributed by atoms with van der Waals surface area (Å²) in [5, 5.41) is 3.09. The monoisotopic (exact) mass is 237 g/mol. The normalized spacial score (nSPS) is 10.4. The topological polar surface area (TPSA) is 38.3 Å². The molecule has 5 heteroatoms. The zero-order valence-electron chi connectivity index (χ0n) is 8.88. The highest BCUT2D eigenvalue weighted by atomic mass is 33.1. The molecule has 0 rings (SSSR count). The van der Waals surface area contributed by atoms with E-state index in [1.54, 1.807) is 6.92 Å². The minimum absolute atomic E-state index is 0.195. The van der Waals surface area contributed by atoms with Gasteiger partial charge >= 0.3 is 0 Å². The van der Waals surface area contributed by atoms with Crippen molar-refractivity contribution in [1.82, 2.24) is 5.32 Å². The molecule has 0 aliphatic carbocycles. The quantitative estimate of drug-likeness (QED) is 0.461. The van der Waals surface area contributed by atoms with Gasteiger partial charge in [-0.15, -0.1) is 0 Å². The molecule has 0 spiro atoms. The zero-order chi connectivity index (χ0) is 10.6. The first-order valence-corrected chi connectivity index (χ1v) is 7.22. The van der Waals surface area contributed by atoms with E-state index in [2.05, 4.69) is 5.32 Å². The second kappa shape index (κ2) is 11.4. The lowest BCUT2D eigenvalue weighted by atomic mass is 10.3. The van der Waals surface area contributed by atoms with Crippen LogP contribution in [0, 0.1) is 0 Å². The van der Waals surface area contributed by atoms with Crippen molar-refractivity contribution in [2.45, 2.75) is 13.3 Å². The highest BCUT2D eigenvalue weighted by Crippen LogP contribution is 2.19. The summed E-state index contributed by atoms with van der Waals surface area (Å²) < 4.78 is 5.28. The molecular weight excluding hydrogens is 218 g/mol. The van der Waals surface area contributed by atoms with Gasteiger partial charge in [-0.25, -0.2) is 0 Å². The van der Waals surface area contributed by atoms with Crippen LogP contribution in [0.1, 0.15) is 13.3 Å². The summed E-state index contributed by atoms with van der Waals surface area (Å²) in [6.07, 6.45) is 0.539. The molecule has 0 aliphatic heterocycles. The van der Waals surface area contributed by atoms with Gasteiger partial charge in [-0.05, 0) is 14.0 Å². The van der Waals surface area contributed by atoms with E-state index in [1.165, 1.54) is 0 Å². The van der Waals surface area contributed by atoms with Gasteiger partial charge in [0.25, 0.3) is 0 Å². The van der Waals surface area contributed by atoms with Gasteiger partial charge in [0.05, 0.1) is 13.2 Å². The molecule has 0 amide bonds. The Hall–Kier alpha value is 0.290. The average Bonchev–Trinajstić information content (AvgIpc) is 2.15.